The molecule has 0 aliphatic carbocycles. The van der Waals surface area contributed by atoms with Crippen molar-refractivity contribution in [3.8, 4) is 0 Å². The van der Waals surface area contributed by atoms with Gasteiger partial charge in [0.15, 0.2) is 12.2 Å². The van der Waals surface area contributed by atoms with Gasteiger partial charge < -0.3 is 33.8 Å². The molecule has 0 aromatic carbocycles. The number of aliphatic hydroxyl groups excluding tert-OH is 1. The smallest absolute Gasteiger partial charge is 0.462 e. The fourth-order valence-corrected chi connectivity index (χ4v) is 10.3. The zero-order valence-corrected chi connectivity index (χ0v) is 51.6. The molecule has 0 heterocycles. The van der Waals surface area contributed by atoms with Gasteiger partial charge in [0.2, 0.25) is 0 Å². The molecule has 78 heavy (non-hydrogen) atoms. The van der Waals surface area contributed by atoms with Crippen molar-refractivity contribution in [1.29, 1.82) is 0 Å². The Bertz CT molecular complexity index is 1530. The molecule has 17 nitrogen and oxygen atoms in total. The quantitative estimate of drug-likeness (QED) is 0.0222. The molecule has 0 aromatic rings. The first kappa shape index (κ1) is 76.1. The SMILES string of the molecule is CCCCCCCCCCCC(=O)OC[C@H](COP(=O)(O)OC[C@@H](O)COP(=O)(O)OC[C@@H](COC(=O)CCCCCCCCC)OC(=O)CCCCCCCCCC)OC(=O)CCCCCCCCCCCCCC(C)C. The van der Waals surface area contributed by atoms with Gasteiger partial charge in [0, 0.05) is 25.7 Å². The number of phosphoric ester groups is 2. The Morgan fingerprint density at radius 1 is 0.346 bits per heavy atom. The van der Waals surface area contributed by atoms with Crippen LogP contribution in [0.25, 0.3) is 0 Å². The third-order valence-electron chi connectivity index (χ3n) is 13.5. The van der Waals surface area contributed by atoms with Gasteiger partial charge in [-0.05, 0) is 31.6 Å². The molecule has 462 valence electrons. The van der Waals surface area contributed by atoms with E-state index in [4.69, 9.17) is 37.0 Å². The van der Waals surface area contributed by atoms with Crippen molar-refractivity contribution in [3.63, 3.8) is 0 Å². The van der Waals surface area contributed by atoms with Gasteiger partial charge in [0.1, 0.15) is 19.3 Å². The Hall–Kier alpha value is -1.94. The minimum atomic E-state index is -4.94. The second-order valence-corrected chi connectivity index (χ2v) is 24.8. The highest BCUT2D eigenvalue weighted by atomic mass is 31.2. The lowest BCUT2D eigenvalue weighted by atomic mass is 10.0. The third-order valence-corrected chi connectivity index (χ3v) is 15.4. The average Bonchev–Trinajstić information content (AvgIpc) is 3.40. The number of ether oxygens (including phenoxy) is 4. The minimum Gasteiger partial charge on any atom is -0.462 e. The predicted molar refractivity (Wildman–Crippen MR) is 308 cm³/mol. The van der Waals surface area contributed by atoms with Gasteiger partial charge in [-0.3, -0.25) is 37.3 Å². The van der Waals surface area contributed by atoms with Crippen molar-refractivity contribution in [2.24, 2.45) is 5.92 Å². The first-order chi connectivity index (χ1) is 37.5. The third kappa shape index (κ3) is 53.4. The van der Waals surface area contributed by atoms with Gasteiger partial charge in [-0.2, -0.15) is 0 Å². The molecule has 0 spiro atoms. The maximum atomic E-state index is 12.9. The van der Waals surface area contributed by atoms with Gasteiger partial charge in [0.25, 0.3) is 0 Å². The van der Waals surface area contributed by atoms with E-state index in [1.54, 1.807) is 0 Å². The molecule has 0 bridgehead atoms. The van der Waals surface area contributed by atoms with Crippen LogP contribution in [-0.2, 0) is 65.4 Å². The van der Waals surface area contributed by atoms with Crippen LogP contribution in [0.1, 0.15) is 291 Å². The lowest BCUT2D eigenvalue weighted by molar-refractivity contribution is -0.161. The van der Waals surface area contributed by atoms with Crippen molar-refractivity contribution in [1.82, 2.24) is 0 Å². The maximum Gasteiger partial charge on any atom is 0.472 e. The number of esters is 4. The molecule has 0 radical (unpaired) electrons. The monoisotopic (exact) mass is 1160 g/mol. The molecule has 0 saturated carbocycles. The fourth-order valence-electron chi connectivity index (χ4n) is 8.70. The molecule has 5 atom stereocenters. The lowest BCUT2D eigenvalue weighted by Gasteiger charge is -2.21. The Labute approximate surface area is 473 Å². The number of phosphoric acid groups is 2. The van der Waals surface area contributed by atoms with E-state index in [0.717, 1.165) is 115 Å². The summed E-state index contributed by atoms with van der Waals surface area (Å²) in [5.74, 6) is -1.38. The van der Waals surface area contributed by atoms with E-state index in [1.807, 2.05) is 0 Å². The van der Waals surface area contributed by atoms with Crippen molar-refractivity contribution in [2.75, 3.05) is 39.6 Å². The van der Waals surface area contributed by atoms with Gasteiger partial charge in [-0.15, -0.1) is 0 Å². The maximum absolute atomic E-state index is 12.9. The summed E-state index contributed by atoms with van der Waals surface area (Å²) in [6.45, 7) is 7.07. The molecule has 19 heteroatoms. The zero-order chi connectivity index (χ0) is 57.8. The molecule has 0 aliphatic rings. The van der Waals surface area contributed by atoms with Crippen LogP contribution < -0.4 is 0 Å². The highest BCUT2D eigenvalue weighted by Crippen LogP contribution is 2.45. The Morgan fingerprint density at radius 2 is 0.590 bits per heavy atom. The average molecular weight is 1160 g/mol. The van der Waals surface area contributed by atoms with Crippen molar-refractivity contribution >= 4 is 39.5 Å². The topological polar surface area (TPSA) is 237 Å². The second kappa shape index (κ2) is 53.1. The zero-order valence-electron chi connectivity index (χ0n) is 49.8. The van der Waals surface area contributed by atoms with Gasteiger partial charge in [0.05, 0.1) is 26.4 Å². The highest BCUT2D eigenvalue weighted by Gasteiger charge is 2.30. The van der Waals surface area contributed by atoms with Crippen LogP contribution in [-0.4, -0.2) is 96.7 Å². The van der Waals surface area contributed by atoms with Crippen molar-refractivity contribution in [3.05, 3.63) is 0 Å². The van der Waals surface area contributed by atoms with E-state index >= 15 is 0 Å². The summed E-state index contributed by atoms with van der Waals surface area (Å²) in [5.41, 5.74) is 0. The van der Waals surface area contributed by atoms with E-state index in [-0.39, 0.29) is 25.7 Å². The van der Waals surface area contributed by atoms with Gasteiger partial charge in [-0.25, -0.2) is 9.13 Å². The molecule has 0 amide bonds. The summed E-state index contributed by atoms with van der Waals surface area (Å²) in [5, 5.41) is 10.5. The summed E-state index contributed by atoms with van der Waals surface area (Å²) >= 11 is 0. The Kier molecular flexibility index (Phi) is 51.8. The largest absolute Gasteiger partial charge is 0.472 e. The molecule has 0 saturated heterocycles. The van der Waals surface area contributed by atoms with E-state index < -0.39 is 97.5 Å². The standard InChI is InChI=1S/C59H114O17P2/c1-6-9-12-15-18-23-29-33-38-43-57(62)70-49-55(76-59(64)45-40-35-30-25-22-20-21-24-27-31-36-41-52(4)5)51-74-78(67,68)72-47-53(60)46-71-77(65,66)73-50-54(48-69-56(61)42-37-32-26-17-14-11-8-3)75-58(63)44-39-34-28-19-16-13-10-7-2/h52-55,60H,6-51H2,1-5H3,(H,65,66)(H,67,68)/t53-,54+,55+/m0/s1. The molecule has 0 aromatic heterocycles. The van der Waals surface area contributed by atoms with E-state index in [2.05, 4.69) is 34.6 Å². The number of carbonyl (C=O) groups is 4. The second-order valence-electron chi connectivity index (χ2n) is 21.9. The Balaban J connectivity index is 5.19. The number of carbonyl (C=O) groups excluding carboxylic acids is 4. The van der Waals surface area contributed by atoms with E-state index in [0.29, 0.717) is 25.7 Å². The first-order valence-corrected chi connectivity index (χ1v) is 34.1. The van der Waals surface area contributed by atoms with Crippen LogP contribution in [0.2, 0.25) is 0 Å². The number of hydrogen-bond donors (Lipinski definition) is 3. The Morgan fingerprint density at radius 3 is 0.872 bits per heavy atom. The van der Waals surface area contributed by atoms with Crippen LogP contribution in [0.5, 0.6) is 0 Å². The number of unbranched alkanes of at least 4 members (excludes halogenated alkanes) is 31. The molecule has 3 N–H and O–H groups in total. The van der Waals surface area contributed by atoms with Crippen molar-refractivity contribution < 1.29 is 80.2 Å². The summed E-state index contributed by atoms with van der Waals surface area (Å²) in [6, 6.07) is 0. The molecule has 2 unspecified atom stereocenters. The van der Waals surface area contributed by atoms with Crippen LogP contribution in [0.4, 0.5) is 0 Å². The van der Waals surface area contributed by atoms with E-state index in [1.165, 1.54) is 96.3 Å². The number of aliphatic hydroxyl groups is 1. The molecule has 0 aliphatic heterocycles. The van der Waals surface area contributed by atoms with Crippen LogP contribution in [0.3, 0.4) is 0 Å². The lowest BCUT2D eigenvalue weighted by Crippen LogP contribution is -2.30. The number of rotatable bonds is 59. The molecule has 0 fully saturated rings. The summed E-state index contributed by atoms with van der Waals surface area (Å²) in [7, 11) is -9.87. The fraction of sp³-hybridized carbons (Fsp3) is 0.932. The summed E-state index contributed by atoms with van der Waals surface area (Å²) < 4.78 is 67.6. The van der Waals surface area contributed by atoms with Crippen LogP contribution >= 0.6 is 15.6 Å². The van der Waals surface area contributed by atoms with Crippen LogP contribution in [0, 0.1) is 5.92 Å². The predicted octanol–water partition coefficient (Wildman–Crippen LogP) is 15.8. The normalized spacial score (nSPS) is 14.4. The molecule has 0 rings (SSSR count). The molecular weight excluding hydrogens is 1040 g/mol. The first-order valence-electron chi connectivity index (χ1n) is 31.1. The van der Waals surface area contributed by atoms with Crippen LogP contribution in [0.15, 0.2) is 0 Å². The highest BCUT2D eigenvalue weighted by molar-refractivity contribution is 7.47. The molecular formula is C59H114O17P2. The minimum absolute atomic E-state index is 0.104. The summed E-state index contributed by atoms with van der Waals surface area (Å²) in [6.07, 6.45) is 35.0. The van der Waals surface area contributed by atoms with Gasteiger partial charge >= 0.3 is 39.5 Å². The van der Waals surface area contributed by atoms with E-state index in [9.17, 15) is 43.2 Å². The summed E-state index contributed by atoms with van der Waals surface area (Å²) in [4.78, 5) is 71.7. The van der Waals surface area contributed by atoms with Crippen molar-refractivity contribution in [2.45, 2.75) is 310 Å². The number of hydrogen-bond acceptors (Lipinski definition) is 15. The van der Waals surface area contributed by atoms with Gasteiger partial charge in [-0.1, -0.05) is 240 Å².